The first-order valence-electron chi connectivity index (χ1n) is 30.0. The van der Waals surface area contributed by atoms with Crippen molar-refractivity contribution < 1.29 is 112 Å². The zero-order chi connectivity index (χ0) is 70.8. The minimum Gasteiger partial charge on any atom is -0.481 e. The van der Waals surface area contributed by atoms with Gasteiger partial charge in [-0.3, -0.25) is 81.5 Å². The average molecular weight is 1350 g/mol. The number of Topliss-reactive ketones (excluding diaryl/α,β-unsaturated/α-hetero) is 1. The summed E-state index contributed by atoms with van der Waals surface area (Å²) >= 11 is 1.32. The van der Waals surface area contributed by atoms with Crippen molar-refractivity contribution in [3.05, 3.63) is 35.4 Å². The predicted octanol–water partition coefficient (Wildman–Crippen LogP) is -4.13. The molecule has 1 aromatic carbocycles. The fraction of sp³-hybridized carbons (Fsp3) is 0.603. The van der Waals surface area contributed by atoms with E-state index >= 15 is 0 Å². The van der Waals surface area contributed by atoms with Crippen LogP contribution in [0.15, 0.2) is 24.3 Å². The van der Waals surface area contributed by atoms with Gasteiger partial charge in [0.1, 0.15) is 54.9 Å². The number of ether oxygens (including phenoxy) is 1. The zero-order valence-electron chi connectivity index (χ0n) is 52.7. The van der Waals surface area contributed by atoms with Crippen molar-refractivity contribution in [1.82, 2.24) is 58.1 Å². The number of nitrogens with zero attached hydrogens (tertiary/aromatic N) is 1. The van der Waals surface area contributed by atoms with Crippen molar-refractivity contribution >= 4 is 112 Å². The molecule has 6 unspecified atom stereocenters. The molecule has 17 N–H and O–H groups in total. The summed E-state index contributed by atoms with van der Waals surface area (Å²) in [6.45, 7) is 3.37. The highest BCUT2D eigenvalue weighted by molar-refractivity contribution is 7.98. The van der Waals surface area contributed by atoms with E-state index in [1.165, 1.54) is 54.9 Å². The number of amides is 11. The molecule has 1 aliphatic rings. The van der Waals surface area contributed by atoms with Gasteiger partial charge in [0.15, 0.2) is 5.78 Å². The van der Waals surface area contributed by atoms with Crippen LogP contribution in [0.25, 0.3) is 0 Å². The van der Waals surface area contributed by atoms with Gasteiger partial charge in [-0.15, -0.1) is 0 Å². The highest BCUT2D eigenvalue weighted by Crippen LogP contribution is 2.19. The Morgan fingerprint density at radius 1 is 0.564 bits per heavy atom. The van der Waals surface area contributed by atoms with Gasteiger partial charge in [0.2, 0.25) is 65.0 Å². The van der Waals surface area contributed by atoms with Gasteiger partial charge < -0.3 is 94.1 Å². The van der Waals surface area contributed by atoms with E-state index in [1.807, 2.05) is 13.8 Å². The number of carboxylic acid groups (broad SMARTS) is 5. The maximum Gasteiger partial charge on any atom is 0.303 e. The summed E-state index contributed by atoms with van der Waals surface area (Å²) in [7, 11) is 1.41. The second-order valence-electron chi connectivity index (χ2n) is 22.2. The molecule has 11 amide bonds. The van der Waals surface area contributed by atoms with Gasteiger partial charge in [0, 0.05) is 70.0 Å². The van der Waals surface area contributed by atoms with Crippen LogP contribution < -0.4 is 58.9 Å². The van der Waals surface area contributed by atoms with Crippen LogP contribution in [0.1, 0.15) is 120 Å². The van der Waals surface area contributed by atoms with Crippen LogP contribution in [0.5, 0.6) is 0 Å². The minimum atomic E-state index is -1.95. The van der Waals surface area contributed by atoms with Crippen LogP contribution in [0.3, 0.4) is 0 Å². The number of nitrogens with one attached hydrogen (secondary N) is 10. The molecule has 1 aliphatic heterocycles. The molecule has 9 atom stereocenters. The summed E-state index contributed by atoms with van der Waals surface area (Å²) in [5.41, 5.74) is 6.41. The molecule has 1 saturated heterocycles. The number of carboxylic acids is 5. The molecule has 522 valence electrons. The van der Waals surface area contributed by atoms with Gasteiger partial charge in [-0.2, -0.15) is 11.8 Å². The van der Waals surface area contributed by atoms with Gasteiger partial charge in [-0.1, -0.05) is 38.1 Å². The van der Waals surface area contributed by atoms with E-state index in [1.54, 1.807) is 6.26 Å². The SMILES string of the molecule is CNC(=O)C(CSC)NC(=O)CNC(=O)[C@H](CC(C)C)NC(=O)C1CCCN1C(=O)COCCNC(=O)C(Cc1ccc(C(C)=O)cc1)NC(=O)C(CCC(=O)O)NC(=O)[C@@H](CCC(=O)O)NC(=O)C(CCC(=O)O)NC(=O)[C@@H](CCC(=O)O)NC(=O)C(N)CCC(=O)O. The van der Waals surface area contributed by atoms with Crippen molar-refractivity contribution in [3.63, 3.8) is 0 Å². The molecule has 0 spiro atoms. The summed E-state index contributed by atoms with van der Waals surface area (Å²) in [5, 5.41) is 71.0. The molecule has 1 aromatic rings. The number of hydrogen-bond donors (Lipinski definition) is 16. The fourth-order valence-electron chi connectivity index (χ4n) is 9.23. The van der Waals surface area contributed by atoms with E-state index in [0.717, 1.165) is 0 Å². The summed E-state index contributed by atoms with van der Waals surface area (Å²) < 4.78 is 5.58. The van der Waals surface area contributed by atoms with E-state index in [0.29, 0.717) is 12.0 Å². The van der Waals surface area contributed by atoms with Crippen molar-refractivity contribution in [2.24, 2.45) is 11.7 Å². The third kappa shape index (κ3) is 30.9. The first kappa shape index (κ1) is 80.8. The van der Waals surface area contributed by atoms with Crippen LogP contribution in [0, 0.1) is 5.92 Å². The summed E-state index contributed by atoms with van der Waals surface area (Å²) in [6.07, 6.45) is -4.77. The monoisotopic (exact) mass is 1350 g/mol. The van der Waals surface area contributed by atoms with Crippen molar-refractivity contribution in [2.45, 2.75) is 165 Å². The van der Waals surface area contributed by atoms with Crippen LogP contribution in [-0.2, 0) is 87.9 Å². The number of rotatable bonds is 45. The maximum atomic E-state index is 14.2. The molecule has 0 radical (unpaired) electrons. The minimum absolute atomic E-state index is 0.104. The first-order valence-corrected chi connectivity index (χ1v) is 31.4. The number of hydrogen-bond acceptors (Lipinski definition) is 20. The van der Waals surface area contributed by atoms with Crippen molar-refractivity contribution in [2.75, 3.05) is 51.9 Å². The number of ketones is 1. The number of carbonyl (C=O) groups excluding carboxylic acids is 12. The summed E-state index contributed by atoms with van der Waals surface area (Å²) in [4.78, 5) is 219. The summed E-state index contributed by atoms with van der Waals surface area (Å²) in [6, 6.07) is -7.71. The van der Waals surface area contributed by atoms with E-state index in [4.69, 9.17) is 15.6 Å². The number of aliphatic carboxylic acids is 5. The Bertz CT molecular complexity index is 2880. The zero-order valence-corrected chi connectivity index (χ0v) is 53.6. The Kier molecular flexibility index (Phi) is 36.1. The highest BCUT2D eigenvalue weighted by Gasteiger charge is 2.38. The molecular formula is C58H86N12O23S. The third-order valence-corrected chi connectivity index (χ3v) is 14.9. The standard InChI is InChI=1S/C58H86N12O23S/c1-30(2)25-39(53(87)62-27-43(72)63-41(29-94-5)51(85)60-4)69-58(92)42-7-6-23-70(42)44(73)28-93-24-22-61-52(86)40(26-32-8-10-33(11-9-32)31(3)71)68-57(91)38(16-21-49(82)83)67-56(90)37(15-20-48(80)81)66-55(89)36(14-19-47(78)79)65-54(88)35(13-18-46(76)77)64-50(84)34(59)12-17-45(74)75/h8-11,30,34-42H,6-7,12-29,59H2,1-5H3,(H,60,85)(H,61,86)(H,62,87)(H,63,72)(H,64,84)(H,65,88)(H,66,89)(H,67,90)(H,68,91)(H,69,92)(H,74,75)(H,76,77)(H,78,79)(H,80,81)(H,82,83)/t34?,35-,36?,37-,38?,39+,40?,41?,42?/m1/s1. The molecule has 0 bridgehead atoms. The molecule has 0 saturated carbocycles. The number of likely N-dealkylation sites (N-methyl/N-ethyl adjacent to an activating group) is 1. The number of benzene rings is 1. The molecule has 2 rings (SSSR count). The molecule has 36 heteroatoms. The van der Waals surface area contributed by atoms with Crippen LogP contribution in [0.2, 0.25) is 0 Å². The number of nitrogens with two attached hydrogens (primary N) is 1. The van der Waals surface area contributed by atoms with Crippen LogP contribution in [0.4, 0.5) is 0 Å². The van der Waals surface area contributed by atoms with Crippen LogP contribution >= 0.6 is 11.8 Å². The second-order valence-corrected chi connectivity index (χ2v) is 23.1. The van der Waals surface area contributed by atoms with Gasteiger partial charge in [0.05, 0.1) is 19.2 Å². The molecule has 0 aromatic heterocycles. The Morgan fingerprint density at radius 3 is 1.45 bits per heavy atom. The molecule has 94 heavy (non-hydrogen) atoms. The third-order valence-electron chi connectivity index (χ3n) is 14.2. The quantitative estimate of drug-likeness (QED) is 0.0218. The van der Waals surface area contributed by atoms with E-state index < -0.39 is 227 Å². The van der Waals surface area contributed by atoms with Crippen molar-refractivity contribution in [1.29, 1.82) is 0 Å². The predicted molar refractivity (Wildman–Crippen MR) is 329 cm³/mol. The van der Waals surface area contributed by atoms with Gasteiger partial charge >= 0.3 is 29.8 Å². The molecule has 0 aliphatic carbocycles. The second kappa shape index (κ2) is 42.0. The lowest BCUT2D eigenvalue weighted by Crippen LogP contribution is -2.59. The Morgan fingerprint density at radius 2 is 1.01 bits per heavy atom. The van der Waals surface area contributed by atoms with Crippen LogP contribution in [-0.4, -0.2) is 237 Å². The lowest BCUT2D eigenvalue weighted by atomic mass is 10.0. The molecule has 1 heterocycles. The number of likely N-dealkylation sites (tertiary alicyclic amines) is 1. The van der Waals surface area contributed by atoms with Gasteiger partial charge in [-0.25, -0.2) is 0 Å². The topological polar surface area (TPSA) is 550 Å². The van der Waals surface area contributed by atoms with E-state index in [2.05, 4.69) is 53.2 Å². The Labute approximate surface area is 544 Å². The number of thioether (sulfide) groups is 1. The first-order chi connectivity index (χ1) is 44.3. The molecule has 1 fully saturated rings. The Balaban J connectivity index is 2.33. The molecular weight excluding hydrogens is 1260 g/mol. The average Bonchev–Trinajstić information content (AvgIpc) is 1.58. The lowest BCUT2D eigenvalue weighted by Gasteiger charge is -2.27. The maximum absolute atomic E-state index is 14.2. The number of carbonyl (C=O) groups is 17. The smallest absolute Gasteiger partial charge is 0.303 e. The normalized spacial score (nSPS) is 15.1. The van der Waals surface area contributed by atoms with E-state index in [9.17, 15) is 102 Å². The summed E-state index contributed by atoms with van der Waals surface area (Å²) in [5.74, 6) is -17.5. The van der Waals surface area contributed by atoms with Gasteiger partial charge in [-0.05, 0) is 76.0 Å². The molecule has 35 nitrogen and oxygen atoms in total. The van der Waals surface area contributed by atoms with E-state index in [-0.39, 0.29) is 62.0 Å². The Hall–Kier alpha value is -9.32. The lowest BCUT2D eigenvalue weighted by molar-refractivity contribution is -0.142. The van der Waals surface area contributed by atoms with Gasteiger partial charge in [0.25, 0.3) is 0 Å². The largest absolute Gasteiger partial charge is 0.481 e. The highest BCUT2D eigenvalue weighted by atomic mass is 32.2. The fourth-order valence-corrected chi connectivity index (χ4v) is 9.79. The van der Waals surface area contributed by atoms with Crippen molar-refractivity contribution in [3.8, 4) is 0 Å².